The zero-order valence-corrected chi connectivity index (χ0v) is 19.4. The van der Waals surface area contributed by atoms with Crippen LogP contribution in [-0.2, 0) is 6.42 Å². The van der Waals surface area contributed by atoms with Gasteiger partial charge in [-0.2, -0.15) is 0 Å². The summed E-state index contributed by atoms with van der Waals surface area (Å²) in [5.74, 6) is 2.39. The summed E-state index contributed by atoms with van der Waals surface area (Å²) in [7, 11) is 0. The van der Waals surface area contributed by atoms with Crippen molar-refractivity contribution >= 4 is 0 Å². The summed E-state index contributed by atoms with van der Waals surface area (Å²) in [4.78, 5) is 8.25. The Morgan fingerprint density at radius 3 is 2.27 bits per heavy atom. The summed E-state index contributed by atoms with van der Waals surface area (Å²) < 4.78 is 0. The zero-order chi connectivity index (χ0) is 22.3. The molecule has 1 aliphatic carbocycles. The Balaban J connectivity index is 1.39. The molecular formula is C31H34N2. The molecule has 4 aromatic rings. The molecule has 0 spiro atoms. The predicted molar refractivity (Wildman–Crippen MR) is 138 cm³/mol. The molecule has 1 aliphatic rings. The normalized spacial score (nSPS) is 15.4. The van der Waals surface area contributed by atoms with E-state index >= 15 is 0 Å². The number of aromatic amines is 1. The van der Waals surface area contributed by atoms with Gasteiger partial charge in [0.1, 0.15) is 5.82 Å². The second kappa shape index (κ2) is 10.7. The van der Waals surface area contributed by atoms with E-state index in [-0.39, 0.29) is 0 Å². The lowest BCUT2D eigenvalue weighted by atomic mass is 9.80. The van der Waals surface area contributed by atoms with Crippen molar-refractivity contribution in [1.82, 2.24) is 9.97 Å². The van der Waals surface area contributed by atoms with Crippen molar-refractivity contribution in [2.24, 2.45) is 5.92 Å². The molecule has 1 saturated carbocycles. The van der Waals surface area contributed by atoms with E-state index in [0.29, 0.717) is 5.92 Å². The third-order valence-corrected chi connectivity index (χ3v) is 7.32. The molecule has 1 unspecified atom stereocenters. The highest BCUT2D eigenvalue weighted by Crippen LogP contribution is 2.35. The van der Waals surface area contributed by atoms with Gasteiger partial charge in [-0.05, 0) is 42.2 Å². The maximum Gasteiger partial charge on any atom is 0.137 e. The van der Waals surface area contributed by atoms with Crippen LogP contribution in [0.4, 0.5) is 0 Å². The lowest BCUT2D eigenvalue weighted by molar-refractivity contribution is 0.323. The van der Waals surface area contributed by atoms with Crippen LogP contribution in [0.1, 0.15) is 62.0 Å². The van der Waals surface area contributed by atoms with Gasteiger partial charge in [0.05, 0.1) is 11.9 Å². The fraction of sp³-hybridized carbons (Fsp3) is 0.323. The van der Waals surface area contributed by atoms with Crippen molar-refractivity contribution in [2.45, 2.75) is 57.3 Å². The van der Waals surface area contributed by atoms with E-state index in [1.165, 1.54) is 61.6 Å². The number of aromatic nitrogens is 2. The molecule has 0 radical (unpaired) electrons. The largest absolute Gasteiger partial charge is 0.338 e. The lowest BCUT2D eigenvalue weighted by Crippen LogP contribution is -2.10. The van der Waals surface area contributed by atoms with Gasteiger partial charge in [0.15, 0.2) is 0 Å². The van der Waals surface area contributed by atoms with Crippen LogP contribution in [-0.4, -0.2) is 9.97 Å². The Labute approximate surface area is 198 Å². The van der Waals surface area contributed by atoms with Crippen LogP contribution in [0.3, 0.4) is 0 Å². The van der Waals surface area contributed by atoms with Gasteiger partial charge in [0.25, 0.3) is 0 Å². The Bertz CT molecular complexity index is 1120. The molecular weight excluding hydrogens is 400 g/mol. The number of imidazole rings is 1. The molecule has 1 fully saturated rings. The van der Waals surface area contributed by atoms with Crippen molar-refractivity contribution < 1.29 is 0 Å². The van der Waals surface area contributed by atoms with E-state index in [9.17, 15) is 0 Å². The van der Waals surface area contributed by atoms with Crippen molar-refractivity contribution in [3.63, 3.8) is 0 Å². The van der Waals surface area contributed by atoms with Crippen LogP contribution >= 0.6 is 0 Å². The third kappa shape index (κ3) is 5.45. The number of hydrogen-bond acceptors (Lipinski definition) is 1. The summed E-state index contributed by atoms with van der Waals surface area (Å²) in [5.41, 5.74) is 6.36. The highest BCUT2D eigenvalue weighted by Gasteiger charge is 2.19. The first kappa shape index (κ1) is 21.7. The number of H-pyrrole nitrogens is 1. The van der Waals surface area contributed by atoms with E-state index in [4.69, 9.17) is 0 Å². The van der Waals surface area contributed by atoms with Crippen LogP contribution in [0, 0.1) is 5.92 Å². The molecule has 3 aromatic carbocycles. The van der Waals surface area contributed by atoms with Crippen molar-refractivity contribution in [3.05, 3.63) is 102 Å². The van der Waals surface area contributed by atoms with Gasteiger partial charge in [-0.25, -0.2) is 4.98 Å². The average molecular weight is 435 g/mol. The fourth-order valence-electron chi connectivity index (χ4n) is 5.45. The molecule has 33 heavy (non-hydrogen) atoms. The molecule has 0 amide bonds. The molecule has 2 nitrogen and oxygen atoms in total. The molecule has 2 heteroatoms. The molecule has 1 heterocycles. The van der Waals surface area contributed by atoms with E-state index in [2.05, 4.69) is 88.8 Å². The van der Waals surface area contributed by atoms with Crippen molar-refractivity contribution in [1.29, 1.82) is 0 Å². The highest BCUT2D eigenvalue weighted by molar-refractivity contribution is 5.67. The minimum atomic E-state index is 0.547. The van der Waals surface area contributed by atoms with E-state index < -0.39 is 0 Å². The Morgan fingerprint density at radius 2 is 1.48 bits per heavy atom. The lowest BCUT2D eigenvalue weighted by Gasteiger charge is -2.25. The number of rotatable bonds is 8. The van der Waals surface area contributed by atoms with Gasteiger partial charge in [0, 0.05) is 11.1 Å². The second-order valence-electron chi connectivity index (χ2n) is 9.56. The van der Waals surface area contributed by atoms with Crippen LogP contribution in [0.5, 0.6) is 0 Å². The third-order valence-electron chi connectivity index (χ3n) is 7.32. The summed E-state index contributed by atoms with van der Waals surface area (Å²) in [6.07, 6.45) is 12.8. The number of nitrogens with zero attached hydrogens (tertiary/aromatic N) is 1. The van der Waals surface area contributed by atoms with Gasteiger partial charge >= 0.3 is 0 Å². The molecule has 0 saturated heterocycles. The first-order valence-electron chi connectivity index (χ1n) is 12.6. The molecule has 5 rings (SSSR count). The first-order valence-corrected chi connectivity index (χ1v) is 12.6. The van der Waals surface area contributed by atoms with Crippen LogP contribution in [0.2, 0.25) is 0 Å². The summed E-state index contributed by atoms with van der Waals surface area (Å²) in [6, 6.07) is 30.4. The minimum absolute atomic E-state index is 0.547. The summed E-state index contributed by atoms with van der Waals surface area (Å²) in [6.45, 7) is 0. The summed E-state index contributed by atoms with van der Waals surface area (Å²) >= 11 is 0. The number of hydrogen-bond donors (Lipinski definition) is 1. The van der Waals surface area contributed by atoms with Crippen LogP contribution in [0.25, 0.3) is 22.6 Å². The Hall–Kier alpha value is -3.13. The average Bonchev–Trinajstić information content (AvgIpc) is 3.39. The Kier molecular flexibility index (Phi) is 7.01. The predicted octanol–water partition coefficient (Wildman–Crippen LogP) is 8.43. The second-order valence-corrected chi connectivity index (χ2v) is 9.56. The smallest absolute Gasteiger partial charge is 0.137 e. The molecule has 0 bridgehead atoms. The zero-order valence-electron chi connectivity index (χ0n) is 19.4. The molecule has 1 aromatic heterocycles. The van der Waals surface area contributed by atoms with Gasteiger partial charge in [-0.3, -0.25) is 0 Å². The maximum absolute atomic E-state index is 4.68. The van der Waals surface area contributed by atoms with Gasteiger partial charge in [0.2, 0.25) is 0 Å². The summed E-state index contributed by atoms with van der Waals surface area (Å²) in [5, 5.41) is 0. The topological polar surface area (TPSA) is 28.7 Å². The van der Waals surface area contributed by atoms with Gasteiger partial charge < -0.3 is 4.98 Å². The highest BCUT2D eigenvalue weighted by atomic mass is 14.9. The SMILES string of the molecule is c1ccc(-c2ncc(-c3ccccc3CC(CCC3CCCCC3)c3ccccc3)[nH]2)cc1. The molecule has 1 N–H and O–H groups in total. The standard InChI is InChI=1S/C31H34N2/c1-4-12-24(13-5-1)20-21-27(25-14-6-2-7-15-25)22-28-18-10-11-19-29(28)30-23-32-31(33-30)26-16-8-3-9-17-26/h2-3,6-11,14-19,23-24,27H,1,4-5,12-13,20-22H2,(H,32,33). The fourth-order valence-corrected chi connectivity index (χ4v) is 5.45. The van der Waals surface area contributed by atoms with Crippen LogP contribution < -0.4 is 0 Å². The van der Waals surface area contributed by atoms with Crippen LogP contribution in [0.15, 0.2) is 91.1 Å². The first-order chi connectivity index (χ1) is 16.4. The minimum Gasteiger partial charge on any atom is -0.338 e. The van der Waals surface area contributed by atoms with Crippen molar-refractivity contribution in [3.8, 4) is 22.6 Å². The maximum atomic E-state index is 4.68. The van der Waals surface area contributed by atoms with E-state index in [0.717, 1.165) is 29.4 Å². The number of benzene rings is 3. The Morgan fingerprint density at radius 1 is 0.788 bits per heavy atom. The van der Waals surface area contributed by atoms with E-state index in [1.54, 1.807) is 0 Å². The number of nitrogens with one attached hydrogen (secondary N) is 1. The van der Waals surface area contributed by atoms with E-state index in [1.807, 2.05) is 12.3 Å². The molecule has 0 aliphatic heterocycles. The molecule has 168 valence electrons. The van der Waals surface area contributed by atoms with Gasteiger partial charge in [-0.15, -0.1) is 0 Å². The monoisotopic (exact) mass is 434 g/mol. The molecule has 1 atom stereocenters. The quantitative estimate of drug-likeness (QED) is 0.296. The van der Waals surface area contributed by atoms with Crippen molar-refractivity contribution in [2.75, 3.05) is 0 Å². The van der Waals surface area contributed by atoms with Gasteiger partial charge in [-0.1, -0.05) is 117 Å².